The lowest BCUT2D eigenvalue weighted by atomic mass is 10.1. The molecule has 0 saturated carbocycles. The molecule has 0 aliphatic carbocycles. The van der Waals surface area contributed by atoms with Crippen molar-refractivity contribution in [1.29, 1.82) is 0 Å². The number of hydrogen-bond acceptors (Lipinski definition) is 2. The van der Waals surface area contributed by atoms with E-state index < -0.39 is 0 Å². The highest BCUT2D eigenvalue weighted by molar-refractivity contribution is 5.84. The predicted molar refractivity (Wildman–Crippen MR) is 72.9 cm³/mol. The molecular weight excluding hydrogens is 243 g/mol. The molecule has 1 fully saturated rings. The summed E-state index contributed by atoms with van der Waals surface area (Å²) >= 11 is 0. The van der Waals surface area contributed by atoms with Crippen LogP contribution >= 0.6 is 0 Å². The zero-order valence-electron chi connectivity index (χ0n) is 11.7. The van der Waals surface area contributed by atoms with E-state index in [1.807, 2.05) is 17.9 Å². The van der Waals surface area contributed by atoms with Crippen LogP contribution in [-0.4, -0.2) is 23.4 Å². The van der Waals surface area contributed by atoms with Gasteiger partial charge in [0, 0.05) is 6.54 Å². The van der Waals surface area contributed by atoms with Crippen LogP contribution in [-0.2, 0) is 4.79 Å². The van der Waals surface area contributed by atoms with Gasteiger partial charge in [0.2, 0.25) is 5.91 Å². The summed E-state index contributed by atoms with van der Waals surface area (Å²) in [6, 6.07) is 6.24. The van der Waals surface area contributed by atoms with Crippen molar-refractivity contribution < 1.29 is 9.18 Å². The number of carbonyl (C=O) groups is 1. The molecule has 0 bridgehead atoms. The summed E-state index contributed by atoms with van der Waals surface area (Å²) in [6.07, 6.45) is 0.739. The lowest BCUT2D eigenvalue weighted by molar-refractivity contribution is -0.130. The molecule has 1 heterocycles. The molecule has 1 amide bonds. The molecule has 2 rings (SSSR count). The van der Waals surface area contributed by atoms with Gasteiger partial charge in [-0.3, -0.25) is 10.1 Å². The third-order valence-electron chi connectivity index (χ3n) is 3.48. The fourth-order valence-corrected chi connectivity index (χ4v) is 2.36. The molecule has 2 atom stereocenters. The smallest absolute Gasteiger partial charge is 0.241 e. The SMILES string of the molecule is CC(C)CCN1C(=O)C(C)NC1c1cccc(F)c1. The first-order valence-corrected chi connectivity index (χ1v) is 6.81. The Kier molecular flexibility index (Phi) is 4.20. The Morgan fingerprint density at radius 2 is 2.16 bits per heavy atom. The molecule has 104 valence electrons. The maximum atomic E-state index is 13.3. The van der Waals surface area contributed by atoms with Gasteiger partial charge in [-0.25, -0.2) is 4.39 Å². The number of hydrogen-bond donors (Lipinski definition) is 1. The number of benzene rings is 1. The highest BCUT2D eigenvalue weighted by Gasteiger charge is 2.36. The monoisotopic (exact) mass is 264 g/mol. The van der Waals surface area contributed by atoms with Crippen molar-refractivity contribution in [2.24, 2.45) is 5.92 Å². The Hall–Kier alpha value is -1.42. The van der Waals surface area contributed by atoms with E-state index in [-0.39, 0.29) is 23.9 Å². The van der Waals surface area contributed by atoms with E-state index in [0.717, 1.165) is 12.0 Å². The van der Waals surface area contributed by atoms with E-state index in [1.165, 1.54) is 12.1 Å². The summed E-state index contributed by atoms with van der Waals surface area (Å²) in [6.45, 7) is 6.82. The molecule has 1 N–H and O–H groups in total. The molecule has 1 aromatic rings. The summed E-state index contributed by atoms with van der Waals surface area (Å²) in [5, 5.41) is 3.23. The van der Waals surface area contributed by atoms with Crippen LogP contribution in [0.5, 0.6) is 0 Å². The Balaban J connectivity index is 2.19. The van der Waals surface area contributed by atoms with Gasteiger partial charge < -0.3 is 4.90 Å². The molecule has 1 aromatic carbocycles. The lowest BCUT2D eigenvalue weighted by Gasteiger charge is -2.25. The molecule has 4 heteroatoms. The lowest BCUT2D eigenvalue weighted by Crippen LogP contribution is -2.32. The van der Waals surface area contributed by atoms with Crippen molar-refractivity contribution in [2.75, 3.05) is 6.54 Å². The minimum Gasteiger partial charge on any atom is -0.322 e. The van der Waals surface area contributed by atoms with Crippen molar-refractivity contribution in [3.63, 3.8) is 0 Å². The first kappa shape index (κ1) is 14.0. The van der Waals surface area contributed by atoms with Gasteiger partial charge in [0.05, 0.1) is 6.04 Å². The van der Waals surface area contributed by atoms with Crippen LogP contribution in [0.1, 0.15) is 38.9 Å². The first-order chi connectivity index (χ1) is 8.99. The second-order valence-electron chi connectivity index (χ2n) is 5.56. The molecule has 1 aliphatic heterocycles. The Morgan fingerprint density at radius 3 is 2.79 bits per heavy atom. The van der Waals surface area contributed by atoms with Gasteiger partial charge in [-0.05, 0) is 37.0 Å². The minimum absolute atomic E-state index is 0.0925. The second kappa shape index (κ2) is 5.70. The van der Waals surface area contributed by atoms with Crippen molar-refractivity contribution in [1.82, 2.24) is 10.2 Å². The highest BCUT2D eigenvalue weighted by atomic mass is 19.1. The van der Waals surface area contributed by atoms with Crippen molar-refractivity contribution in [3.8, 4) is 0 Å². The molecule has 0 aromatic heterocycles. The van der Waals surface area contributed by atoms with Gasteiger partial charge in [0.1, 0.15) is 12.0 Å². The molecule has 1 saturated heterocycles. The topological polar surface area (TPSA) is 32.3 Å². The standard InChI is InChI=1S/C15H21FN2O/c1-10(2)7-8-18-14(17-11(3)15(18)19)12-5-4-6-13(16)9-12/h4-6,9-11,14,17H,7-8H2,1-3H3. The van der Waals surface area contributed by atoms with Crippen LogP contribution < -0.4 is 5.32 Å². The van der Waals surface area contributed by atoms with E-state index in [0.29, 0.717) is 12.5 Å². The van der Waals surface area contributed by atoms with Crippen LogP contribution in [0.15, 0.2) is 24.3 Å². The van der Waals surface area contributed by atoms with E-state index in [9.17, 15) is 9.18 Å². The molecule has 2 unspecified atom stereocenters. The Labute approximate surface area is 113 Å². The predicted octanol–water partition coefficient (Wildman–Crippen LogP) is 2.69. The number of carbonyl (C=O) groups excluding carboxylic acids is 1. The van der Waals surface area contributed by atoms with Crippen LogP contribution in [0.3, 0.4) is 0 Å². The summed E-state index contributed by atoms with van der Waals surface area (Å²) < 4.78 is 13.3. The van der Waals surface area contributed by atoms with Crippen molar-refractivity contribution >= 4 is 5.91 Å². The van der Waals surface area contributed by atoms with E-state index in [2.05, 4.69) is 19.2 Å². The fraction of sp³-hybridized carbons (Fsp3) is 0.533. The van der Waals surface area contributed by atoms with Crippen LogP contribution in [0, 0.1) is 11.7 Å². The minimum atomic E-state index is -0.268. The molecular formula is C15H21FN2O. The summed E-state index contributed by atoms with van der Waals surface area (Å²) in [7, 11) is 0. The van der Waals surface area contributed by atoms with Crippen molar-refractivity contribution in [2.45, 2.75) is 39.4 Å². The summed E-state index contributed by atoms with van der Waals surface area (Å²) in [5.41, 5.74) is 0.807. The number of nitrogens with zero attached hydrogens (tertiary/aromatic N) is 1. The largest absolute Gasteiger partial charge is 0.322 e. The second-order valence-corrected chi connectivity index (χ2v) is 5.56. The van der Waals surface area contributed by atoms with Crippen LogP contribution in [0.25, 0.3) is 0 Å². The molecule has 0 radical (unpaired) electrons. The van der Waals surface area contributed by atoms with Gasteiger partial charge in [0.25, 0.3) is 0 Å². The summed E-state index contributed by atoms with van der Waals surface area (Å²) in [5.74, 6) is 0.363. The molecule has 19 heavy (non-hydrogen) atoms. The van der Waals surface area contributed by atoms with E-state index in [1.54, 1.807) is 6.07 Å². The molecule has 3 nitrogen and oxygen atoms in total. The number of nitrogens with one attached hydrogen (secondary N) is 1. The Bertz CT molecular complexity index is 461. The molecule has 0 spiro atoms. The van der Waals surface area contributed by atoms with E-state index in [4.69, 9.17) is 0 Å². The zero-order valence-corrected chi connectivity index (χ0v) is 11.7. The van der Waals surface area contributed by atoms with Crippen LogP contribution in [0.4, 0.5) is 4.39 Å². The average molecular weight is 264 g/mol. The van der Waals surface area contributed by atoms with Gasteiger partial charge in [-0.1, -0.05) is 26.0 Å². The molecule has 1 aliphatic rings. The Morgan fingerprint density at radius 1 is 1.42 bits per heavy atom. The van der Waals surface area contributed by atoms with Crippen LogP contribution in [0.2, 0.25) is 0 Å². The third-order valence-corrected chi connectivity index (χ3v) is 3.48. The third kappa shape index (κ3) is 3.13. The van der Waals surface area contributed by atoms with Gasteiger partial charge >= 0.3 is 0 Å². The van der Waals surface area contributed by atoms with E-state index >= 15 is 0 Å². The maximum Gasteiger partial charge on any atom is 0.241 e. The summed E-state index contributed by atoms with van der Waals surface area (Å²) in [4.78, 5) is 14.0. The average Bonchev–Trinajstić information content (AvgIpc) is 2.63. The first-order valence-electron chi connectivity index (χ1n) is 6.81. The quantitative estimate of drug-likeness (QED) is 0.907. The van der Waals surface area contributed by atoms with Gasteiger partial charge in [-0.15, -0.1) is 0 Å². The van der Waals surface area contributed by atoms with Gasteiger partial charge in [-0.2, -0.15) is 0 Å². The normalized spacial score (nSPS) is 23.4. The zero-order chi connectivity index (χ0) is 14.0. The highest BCUT2D eigenvalue weighted by Crippen LogP contribution is 2.26. The van der Waals surface area contributed by atoms with Crippen molar-refractivity contribution in [3.05, 3.63) is 35.6 Å². The fourth-order valence-electron chi connectivity index (χ4n) is 2.36. The number of rotatable bonds is 4. The number of amides is 1. The van der Waals surface area contributed by atoms with Gasteiger partial charge in [0.15, 0.2) is 0 Å². The number of halogens is 1. The maximum absolute atomic E-state index is 13.3.